The molecule has 2 aromatic heterocycles. The number of aliphatic hydroxyl groups excluding tert-OH is 1. The van der Waals surface area contributed by atoms with E-state index in [2.05, 4.69) is 15.0 Å². The van der Waals surface area contributed by atoms with E-state index >= 15 is 0 Å². The summed E-state index contributed by atoms with van der Waals surface area (Å²) in [5.74, 6) is -1.05. The number of fused-ring (bicyclic) bond motifs is 1. The fourth-order valence-electron chi connectivity index (χ4n) is 4.10. The number of hydrogen-bond donors (Lipinski definition) is 2. The Morgan fingerprint density at radius 3 is 2.58 bits per heavy atom. The van der Waals surface area contributed by atoms with Crippen LogP contribution in [0.3, 0.4) is 0 Å². The summed E-state index contributed by atoms with van der Waals surface area (Å²) in [5, 5.41) is 11.3. The summed E-state index contributed by atoms with van der Waals surface area (Å²) in [6.45, 7) is 1.79. The Morgan fingerprint density at radius 1 is 1.09 bits per heavy atom. The average molecular weight is 440 g/mol. The number of amides is 1. The normalized spacial score (nSPS) is 17.6. The third-order valence-corrected chi connectivity index (χ3v) is 5.71. The molecule has 1 fully saturated rings. The molecular weight excluding hydrogens is 420 g/mol. The SMILES string of the molecule is COc1ccc(/C(O)=C2\C(=O)C(=O)N(c3nc4ccccc4[nH]3)C2c2ccccn2)c(C)c1. The Balaban J connectivity index is 1.73. The zero-order chi connectivity index (χ0) is 23.1. The number of pyridine rings is 1. The second kappa shape index (κ2) is 7.90. The van der Waals surface area contributed by atoms with Crippen molar-refractivity contribution in [2.24, 2.45) is 0 Å². The average Bonchev–Trinajstić information content (AvgIpc) is 3.37. The number of carbonyl (C=O) groups excluding carboxylic acids is 2. The van der Waals surface area contributed by atoms with Crippen LogP contribution < -0.4 is 9.64 Å². The highest BCUT2D eigenvalue weighted by molar-refractivity contribution is 6.51. The molecular formula is C25H20N4O4. The van der Waals surface area contributed by atoms with E-state index in [-0.39, 0.29) is 17.3 Å². The molecule has 3 heterocycles. The summed E-state index contributed by atoms with van der Waals surface area (Å²) in [5.41, 5.74) is 2.89. The number of nitrogens with zero attached hydrogens (tertiary/aromatic N) is 3. The van der Waals surface area contributed by atoms with Gasteiger partial charge in [-0.3, -0.25) is 19.5 Å². The van der Waals surface area contributed by atoms with Crippen LogP contribution in [-0.2, 0) is 9.59 Å². The van der Waals surface area contributed by atoms with Crippen LogP contribution in [0.15, 0.2) is 72.4 Å². The van der Waals surface area contributed by atoms with Crippen molar-refractivity contribution in [2.45, 2.75) is 13.0 Å². The highest BCUT2D eigenvalue weighted by Crippen LogP contribution is 2.41. The largest absolute Gasteiger partial charge is 0.507 e. The van der Waals surface area contributed by atoms with E-state index in [4.69, 9.17) is 4.74 Å². The van der Waals surface area contributed by atoms with E-state index in [1.54, 1.807) is 56.6 Å². The lowest BCUT2D eigenvalue weighted by molar-refractivity contribution is -0.132. The first-order valence-electron chi connectivity index (χ1n) is 10.3. The fourth-order valence-corrected chi connectivity index (χ4v) is 4.10. The number of ether oxygens (including phenoxy) is 1. The Kier molecular flexibility index (Phi) is 4.90. The highest BCUT2D eigenvalue weighted by Gasteiger charge is 2.49. The van der Waals surface area contributed by atoms with Crippen LogP contribution in [0.1, 0.15) is 22.9 Å². The van der Waals surface area contributed by atoms with Crippen LogP contribution in [0.25, 0.3) is 16.8 Å². The number of aliphatic hydroxyl groups is 1. The maximum atomic E-state index is 13.2. The number of ketones is 1. The van der Waals surface area contributed by atoms with E-state index in [0.29, 0.717) is 28.1 Å². The second-order valence-electron chi connectivity index (χ2n) is 7.68. The van der Waals surface area contributed by atoms with Gasteiger partial charge in [0.1, 0.15) is 17.6 Å². The number of Topliss-reactive ketones (excluding diaryl/α,β-unsaturated/α-hetero) is 1. The number of aromatic amines is 1. The Morgan fingerprint density at radius 2 is 1.88 bits per heavy atom. The van der Waals surface area contributed by atoms with Crippen molar-refractivity contribution in [2.75, 3.05) is 12.0 Å². The first-order valence-corrected chi connectivity index (χ1v) is 10.3. The standard InChI is InChI=1S/C25H20N4O4/c1-14-13-15(33-2)10-11-16(14)22(30)20-21(19-9-5-6-12-26-19)29(24(32)23(20)31)25-27-17-7-3-4-8-18(17)28-25/h3-13,21,30H,1-2H3,(H,27,28)/b22-20+. The first kappa shape index (κ1) is 20.4. The molecule has 2 N–H and O–H groups in total. The van der Waals surface area contributed by atoms with Crippen molar-refractivity contribution < 1.29 is 19.4 Å². The van der Waals surface area contributed by atoms with E-state index in [1.807, 2.05) is 24.3 Å². The minimum Gasteiger partial charge on any atom is -0.507 e. The van der Waals surface area contributed by atoms with Gasteiger partial charge in [0, 0.05) is 11.8 Å². The van der Waals surface area contributed by atoms with Gasteiger partial charge in [-0.1, -0.05) is 18.2 Å². The molecule has 2 aromatic carbocycles. The summed E-state index contributed by atoms with van der Waals surface area (Å²) >= 11 is 0. The number of hydrogen-bond acceptors (Lipinski definition) is 6. The topological polar surface area (TPSA) is 108 Å². The zero-order valence-electron chi connectivity index (χ0n) is 17.9. The van der Waals surface area contributed by atoms with Gasteiger partial charge in [0.2, 0.25) is 5.95 Å². The number of nitrogens with one attached hydrogen (secondary N) is 1. The summed E-state index contributed by atoms with van der Waals surface area (Å²) < 4.78 is 5.24. The van der Waals surface area contributed by atoms with Crippen molar-refractivity contribution in [1.29, 1.82) is 0 Å². The van der Waals surface area contributed by atoms with Gasteiger partial charge < -0.3 is 14.8 Å². The second-order valence-corrected chi connectivity index (χ2v) is 7.68. The molecule has 1 atom stereocenters. The monoisotopic (exact) mass is 440 g/mol. The van der Waals surface area contributed by atoms with Gasteiger partial charge in [-0.15, -0.1) is 0 Å². The Hall–Kier alpha value is -4.46. The summed E-state index contributed by atoms with van der Waals surface area (Å²) in [4.78, 5) is 39.7. The number of H-pyrrole nitrogens is 1. The third-order valence-electron chi connectivity index (χ3n) is 5.71. The van der Waals surface area contributed by atoms with Gasteiger partial charge in [0.05, 0.1) is 29.4 Å². The number of aryl methyl sites for hydroxylation is 1. The summed E-state index contributed by atoms with van der Waals surface area (Å²) in [6.07, 6.45) is 1.58. The van der Waals surface area contributed by atoms with Gasteiger partial charge in [-0.05, 0) is 55.0 Å². The highest BCUT2D eigenvalue weighted by atomic mass is 16.5. The molecule has 1 aliphatic rings. The molecule has 1 saturated heterocycles. The van der Waals surface area contributed by atoms with Gasteiger partial charge in [-0.2, -0.15) is 0 Å². The number of benzene rings is 2. The van der Waals surface area contributed by atoms with E-state index in [1.165, 1.54) is 4.90 Å². The lowest BCUT2D eigenvalue weighted by atomic mass is 9.96. The van der Waals surface area contributed by atoms with Crippen LogP contribution in [0.5, 0.6) is 5.75 Å². The van der Waals surface area contributed by atoms with Crippen LogP contribution in [0.4, 0.5) is 5.95 Å². The fraction of sp³-hybridized carbons (Fsp3) is 0.120. The number of aromatic nitrogens is 3. The van der Waals surface area contributed by atoms with Crippen LogP contribution >= 0.6 is 0 Å². The van der Waals surface area contributed by atoms with Gasteiger partial charge >= 0.3 is 5.91 Å². The lowest BCUT2D eigenvalue weighted by Gasteiger charge is -2.22. The minimum atomic E-state index is -0.951. The maximum Gasteiger partial charge on any atom is 0.302 e. The van der Waals surface area contributed by atoms with Crippen molar-refractivity contribution in [3.8, 4) is 5.75 Å². The zero-order valence-corrected chi connectivity index (χ0v) is 17.9. The number of para-hydroxylation sites is 2. The summed E-state index contributed by atoms with van der Waals surface area (Å²) in [7, 11) is 1.55. The molecule has 1 amide bonds. The Labute approximate surface area is 189 Å². The predicted molar refractivity (Wildman–Crippen MR) is 123 cm³/mol. The van der Waals surface area contributed by atoms with E-state index in [0.717, 1.165) is 5.52 Å². The molecule has 0 saturated carbocycles. The lowest BCUT2D eigenvalue weighted by Crippen LogP contribution is -2.30. The van der Waals surface area contributed by atoms with E-state index in [9.17, 15) is 14.7 Å². The molecule has 164 valence electrons. The van der Waals surface area contributed by atoms with Gasteiger partial charge in [0.25, 0.3) is 5.78 Å². The number of anilines is 1. The molecule has 8 heteroatoms. The minimum absolute atomic E-state index is 0.0487. The number of rotatable bonds is 4. The van der Waals surface area contributed by atoms with Crippen LogP contribution in [0, 0.1) is 6.92 Å². The molecule has 0 radical (unpaired) electrons. The van der Waals surface area contributed by atoms with Crippen molar-refractivity contribution in [3.63, 3.8) is 0 Å². The predicted octanol–water partition coefficient (Wildman–Crippen LogP) is 3.90. The molecule has 33 heavy (non-hydrogen) atoms. The Bertz CT molecular complexity index is 1390. The molecule has 0 bridgehead atoms. The number of carbonyl (C=O) groups is 2. The first-order chi connectivity index (χ1) is 16.0. The maximum absolute atomic E-state index is 13.2. The van der Waals surface area contributed by atoms with Crippen molar-refractivity contribution in [1.82, 2.24) is 15.0 Å². The van der Waals surface area contributed by atoms with Crippen LogP contribution in [0.2, 0.25) is 0 Å². The quantitative estimate of drug-likeness (QED) is 0.283. The summed E-state index contributed by atoms with van der Waals surface area (Å²) in [6, 6.07) is 16.7. The number of imidazole rings is 1. The smallest absolute Gasteiger partial charge is 0.302 e. The molecule has 8 nitrogen and oxygen atoms in total. The number of methoxy groups -OCH3 is 1. The van der Waals surface area contributed by atoms with Crippen LogP contribution in [-0.4, -0.2) is 38.9 Å². The third kappa shape index (κ3) is 3.32. The molecule has 4 aromatic rings. The molecule has 0 spiro atoms. The van der Waals surface area contributed by atoms with E-state index < -0.39 is 17.7 Å². The van der Waals surface area contributed by atoms with Gasteiger partial charge in [0.15, 0.2) is 0 Å². The molecule has 1 aliphatic heterocycles. The molecule has 1 unspecified atom stereocenters. The van der Waals surface area contributed by atoms with Crippen molar-refractivity contribution >= 4 is 34.4 Å². The molecule has 5 rings (SSSR count). The van der Waals surface area contributed by atoms with Gasteiger partial charge in [-0.25, -0.2) is 4.98 Å². The van der Waals surface area contributed by atoms with Crippen molar-refractivity contribution in [3.05, 3.63) is 89.3 Å². The molecule has 0 aliphatic carbocycles.